The molecular weight excluding hydrogens is 577 g/mol. The van der Waals surface area contributed by atoms with E-state index in [1.165, 1.54) is 24.5 Å². The van der Waals surface area contributed by atoms with E-state index >= 15 is 0 Å². The van der Waals surface area contributed by atoms with Gasteiger partial charge in [0, 0.05) is 36.3 Å². The van der Waals surface area contributed by atoms with Crippen molar-refractivity contribution < 1.29 is 28.6 Å². The minimum Gasteiger partial charge on any atom is -0.488 e. The molecule has 1 fully saturated rings. The van der Waals surface area contributed by atoms with E-state index < -0.39 is 29.4 Å². The third-order valence-electron chi connectivity index (χ3n) is 6.45. The molecule has 3 N–H and O–H groups in total. The average molecular weight is 614 g/mol. The third kappa shape index (κ3) is 9.60. The maximum Gasteiger partial charge on any atom is 0.320 e. The molecule has 0 aliphatic heterocycles. The van der Waals surface area contributed by atoms with E-state index in [0.29, 0.717) is 33.8 Å². The molecule has 230 valence electrons. The molecule has 1 atom stereocenters. The number of ether oxygens (including phenoxy) is 2. The molecular formula is C31H37ClFN5O5. The number of hydrogen-bond acceptors (Lipinski definition) is 9. The molecule has 1 aromatic heterocycles. The number of hydrogen-bond donors (Lipinski definition) is 3. The second kappa shape index (κ2) is 14.1. The summed E-state index contributed by atoms with van der Waals surface area (Å²) >= 11 is 5.95. The average Bonchev–Trinajstić information content (AvgIpc) is 2.87. The van der Waals surface area contributed by atoms with Crippen LogP contribution in [0.4, 0.5) is 21.6 Å². The van der Waals surface area contributed by atoms with E-state index in [2.05, 4.69) is 20.6 Å². The van der Waals surface area contributed by atoms with Gasteiger partial charge in [0.15, 0.2) is 0 Å². The molecule has 0 spiro atoms. The second-order valence-corrected chi connectivity index (χ2v) is 11.9. The van der Waals surface area contributed by atoms with Gasteiger partial charge in [-0.2, -0.15) is 0 Å². The molecule has 1 saturated carbocycles. The summed E-state index contributed by atoms with van der Waals surface area (Å²) in [6.45, 7) is 7.41. The van der Waals surface area contributed by atoms with Crippen molar-refractivity contribution in [1.82, 2.24) is 14.9 Å². The van der Waals surface area contributed by atoms with Crippen molar-refractivity contribution in [3.8, 4) is 5.75 Å². The summed E-state index contributed by atoms with van der Waals surface area (Å²) in [6.07, 6.45) is 6.67. The number of anilines is 3. The summed E-state index contributed by atoms with van der Waals surface area (Å²) in [6, 6.07) is 7.73. The van der Waals surface area contributed by atoms with E-state index in [9.17, 15) is 19.1 Å². The Labute approximate surface area is 255 Å². The fraction of sp³-hybridized carbons (Fsp3) is 0.419. The molecule has 1 aliphatic carbocycles. The Balaban J connectivity index is 1.53. The quantitative estimate of drug-likeness (QED) is 0.176. The Morgan fingerprint density at radius 1 is 1.23 bits per heavy atom. The predicted octanol–water partition coefficient (Wildman–Crippen LogP) is 5.62. The largest absolute Gasteiger partial charge is 0.488 e. The van der Waals surface area contributed by atoms with Crippen molar-refractivity contribution in [2.75, 3.05) is 30.3 Å². The minimum atomic E-state index is -0.676. The lowest BCUT2D eigenvalue weighted by atomic mass is 9.96. The predicted molar refractivity (Wildman–Crippen MR) is 164 cm³/mol. The fourth-order valence-electron chi connectivity index (χ4n) is 4.37. The van der Waals surface area contributed by atoms with Crippen LogP contribution >= 0.6 is 11.6 Å². The number of amides is 1. The van der Waals surface area contributed by atoms with Gasteiger partial charge in [0.2, 0.25) is 5.91 Å². The number of carbonyl (C=O) groups is 2. The molecule has 0 bridgehead atoms. The highest BCUT2D eigenvalue weighted by atomic mass is 35.5. The van der Waals surface area contributed by atoms with Crippen LogP contribution in [0.25, 0.3) is 10.9 Å². The van der Waals surface area contributed by atoms with E-state index in [4.69, 9.17) is 21.1 Å². The molecule has 0 unspecified atom stereocenters. The van der Waals surface area contributed by atoms with Gasteiger partial charge >= 0.3 is 5.97 Å². The van der Waals surface area contributed by atoms with Gasteiger partial charge in [-0.05, 0) is 71.2 Å². The first-order valence-corrected chi connectivity index (χ1v) is 14.5. The summed E-state index contributed by atoms with van der Waals surface area (Å²) in [5, 5.41) is 16.5. The van der Waals surface area contributed by atoms with Crippen LogP contribution in [-0.2, 0) is 14.3 Å². The Morgan fingerprint density at radius 3 is 2.65 bits per heavy atom. The van der Waals surface area contributed by atoms with Crippen molar-refractivity contribution in [3.05, 3.63) is 59.7 Å². The molecule has 10 nitrogen and oxygen atoms in total. The normalized spacial score (nSPS) is 14.5. The van der Waals surface area contributed by atoms with E-state index in [0.717, 1.165) is 19.3 Å². The van der Waals surface area contributed by atoms with Crippen molar-refractivity contribution >= 4 is 51.6 Å². The molecule has 0 saturated heterocycles. The van der Waals surface area contributed by atoms with Crippen LogP contribution in [0, 0.1) is 5.82 Å². The summed E-state index contributed by atoms with van der Waals surface area (Å²) < 4.78 is 25.2. The van der Waals surface area contributed by atoms with E-state index in [1.54, 1.807) is 56.9 Å². The van der Waals surface area contributed by atoms with Crippen molar-refractivity contribution in [3.63, 3.8) is 0 Å². The first-order valence-electron chi connectivity index (χ1n) is 14.1. The standard InChI is InChI=1S/C31H37ClFN5O5/c1-19(39)16-38(17-29(41)43-31(2,3)4)12-6-9-28(40)37-26-14-22-25(15-27(26)42-21-7-5-8-21)34-18-35-30(22)36-20-10-11-24(33)23(32)13-20/h6,9-11,13-15,18-19,21,39H,5,7-8,12,16-17H2,1-4H3,(H,37,40)(H,34,35,36)/t19-/m1/s1. The van der Waals surface area contributed by atoms with Crippen LogP contribution in [0.5, 0.6) is 5.75 Å². The number of benzene rings is 2. The summed E-state index contributed by atoms with van der Waals surface area (Å²) in [7, 11) is 0. The number of aromatic nitrogens is 2. The minimum absolute atomic E-state index is 0.0302. The molecule has 1 heterocycles. The van der Waals surface area contributed by atoms with Gasteiger partial charge in [0.05, 0.1) is 35.0 Å². The van der Waals surface area contributed by atoms with Crippen LogP contribution in [0.3, 0.4) is 0 Å². The Morgan fingerprint density at radius 2 is 2.00 bits per heavy atom. The SMILES string of the molecule is C[C@@H](O)CN(CC=CC(=O)Nc1cc2c(Nc3ccc(F)c(Cl)c3)ncnc2cc1OC1CCC1)CC(=O)OC(C)(C)C. The zero-order valence-corrected chi connectivity index (χ0v) is 25.4. The molecule has 0 radical (unpaired) electrons. The van der Waals surface area contributed by atoms with Crippen molar-refractivity contribution in [1.29, 1.82) is 0 Å². The molecule has 1 amide bonds. The van der Waals surface area contributed by atoms with Gasteiger partial charge in [0.1, 0.15) is 29.3 Å². The molecule has 1 aliphatic rings. The van der Waals surface area contributed by atoms with E-state index in [1.807, 2.05) is 0 Å². The van der Waals surface area contributed by atoms with Crippen LogP contribution < -0.4 is 15.4 Å². The van der Waals surface area contributed by atoms with Crippen LogP contribution in [0.1, 0.15) is 47.0 Å². The van der Waals surface area contributed by atoms with Crippen LogP contribution in [-0.4, -0.2) is 69.3 Å². The maximum absolute atomic E-state index is 13.7. The van der Waals surface area contributed by atoms with Crippen LogP contribution in [0.15, 0.2) is 48.8 Å². The van der Waals surface area contributed by atoms with E-state index in [-0.39, 0.29) is 30.8 Å². The van der Waals surface area contributed by atoms with Gasteiger partial charge in [-0.1, -0.05) is 17.7 Å². The number of aliphatic hydroxyl groups excluding tert-OH is 1. The topological polar surface area (TPSA) is 126 Å². The number of nitrogens with one attached hydrogen (secondary N) is 2. The van der Waals surface area contributed by atoms with Gasteiger partial charge in [-0.3, -0.25) is 14.5 Å². The van der Waals surface area contributed by atoms with Crippen molar-refractivity contribution in [2.45, 2.75) is 64.8 Å². The van der Waals surface area contributed by atoms with Crippen molar-refractivity contribution in [2.24, 2.45) is 0 Å². The third-order valence-corrected chi connectivity index (χ3v) is 6.74. The number of aliphatic hydroxyl groups is 1. The maximum atomic E-state index is 13.7. The lowest BCUT2D eigenvalue weighted by Crippen LogP contribution is -2.38. The van der Waals surface area contributed by atoms with Gasteiger partial charge < -0.3 is 25.2 Å². The molecule has 3 aromatic rings. The number of rotatable bonds is 12. The molecule has 2 aromatic carbocycles. The zero-order valence-electron chi connectivity index (χ0n) is 24.7. The van der Waals surface area contributed by atoms with Gasteiger partial charge in [-0.25, -0.2) is 14.4 Å². The number of halogens is 2. The summed E-state index contributed by atoms with van der Waals surface area (Å²) in [5.41, 5.74) is 0.917. The molecule has 43 heavy (non-hydrogen) atoms. The number of carbonyl (C=O) groups excluding carboxylic acids is 2. The zero-order chi connectivity index (χ0) is 31.1. The molecule has 12 heteroatoms. The Bertz CT molecular complexity index is 1490. The first-order chi connectivity index (χ1) is 20.4. The number of esters is 1. The number of nitrogens with zero attached hydrogens (tertiary/aromatic N) is 3. The fourth-order valence-corrected chi connectivity index (χ4v) is 4.55. The highest BCUT2D eigenvalue weighted by Crippen LogP contribution is 2.36. The summed E-state index contributed by atoms with van der Waals surface area (Å²) in [4.78, 5) is 35.8. The van der Waals surface area contributed by atoms with Gasteiger partial charge in [-0.15, -0.1) is 0 Å². The monoisotopic (exact) mass is 613 g/mol. The smallest absolute Gasteiger partial charge is 0.320 e. The van der Waals surface area contributed by atoms with Crippen LogP contribution in [0.2, 0.25) is 5.02 Å². The molecule has 4 rings (SSSR count). The second-order valence-electron chi connectivity index (χ2n) is 11.5. The Kier molecular flexibility index (Phi) is 10.5. The number of fused-ring (bicyclic) bond motifs is 1. The van der Waals surface area contributed by atoms with Gasteiger partial charge in [0.25, 0.3) is 0 Å². The highest BCUT2D eigenvalue weighted by Gasteiger charge is 2.23. The Hall–Kier alpha value is -3.80. The first kappa shape index (κ1) is 32.1. The summed E-state index contributed by atoms with van der Waals surface area (Å²) in [5.74, 6) is -0.452. The lowest BCUT2D eigenvalue weighted by molar-refractivity contribution is -0.156. The lowest BCUT2D eigenvalue weighted by Gasteiger charge is -2.27. The highest BCUT2D eigenvalue weighted by molar-refractivity contribution is 6.31.